The van der Waals surface area contributed by atoms with Crippen LogP contribution < -0.4 is 0 Å². The van der Waals surface area contributed by atoms with Crippen molar-refractivity contribution in [1.82, 2.24) is 0 Å². The Balaban J connectivity index is 3.70. The highest BCUT2D eigenvalue weighted by atomic mass is 32.2. The molecule has 1 N–H and O–H groups in total. The monoisotopic (exact) mass is 436 g/mol. The van der Waals surface area contributed by atoms with Gasteiger partial charge < -0.3 is 8.97 Å². The van der Waals surface area contributed by atoms with Gasteiger partial charge in [0.05, 0.1) is 47.0 Å². The largest absolute Gasteiger partial charge is 0.324 e. The summed E-state index contributed by atoms with van der Waals surface area (Å²) in [5, 5.41) is 0. The van der Waals surface area contributed by atoms with Crippen molar-refractivity contribution >= 4 is 10.1 Å². The standard InChI is InChI=1S/C23H51N2O3S/c1-6-7-8-9-10-11-12-13-14-15-16-17-19-24(2,3)21-22-25(4,5)20-18-23-29(26,27)28/h6-23H2,1-5H3/q+1/p+1. The molecule has 0 saturated heterocycles. The van der Waals surface area contributed by atoms with E-state index in [-0.39, 0.29) is 5.75 Å². The van der Waals surface area contributed by atoms with Crippen LogP contribution in [-0.2, 0) is 10.1 Å². The van der Waals surface area contributed by atoms with Crippen molar-refractivity contribution in [2.45, 2.75) is 90.4 Å². The zero-order valence-corrected chi connectivity index (χ0v) is 21.1. The Bertz CT molecular complexity index is 490. The van der Waals surface area contributed by atoms with Gasteiger partial charge in [0.15, 0.2) is 0 Å². The summed E-state index contributed by atoms with van der Waals surface area (Å²) in [6.45, 7) is 6.38. The van der Waals surface area contributed by atoms with Crippen molar-refractivity contribution in [3.05, 3.63) is 0 Å². The third-order valence-electron chi connectivity index (χ3n) is 6.09. The van der Waals surface area contributed by atoms with Gasteiger partial charge in [0.2, 0.25) is 0 Å². The molecule has 0 atom stereocenters. The summed E-state index contributed by atoms with van der Waals surface area (Å²) in [5.74, 6) is -0.133. The topological polar surface area (TPSA) is 54.4 Å². The van der Waals surface area contributed by atoms with E-state index in [4.69, 9.17) is 4.55 Å². The normalized spacial score (nSPS) is 13.2. The highest BCUT2D eigenvalue weighted by Gasteiger charge is 2.23. The zero-order valence-electron chi connectivity index (χ0n) is 20.3. The summed E-state index contributed by atoms with van der Waals surface area (Å²) < 4.78 is 32.4. The van der Waals surface area contributed by atoms with Crippen LogP contribution in [0, 0.1) is 0 Å². The number of nitrogens with zero attached hydrogens (tertiary/aromatic N) is 2. The van der Waals surface area contributed by atoms with Crippen LogP contribution in [0.25, 0.3) is 0 Å². The average Bonchev–Trinajstić information content (AvgIpc) is 2.60. The van der Waals surface area contributed by atoms with Gasteiger partial charge in [-0.25, -0.2) is 0 Å². The molecule has 0 aliphatic heterocycles. The number of rotatable bonds is 20. The summed E-state index contributed by atoms with van der Waals surface area (Å²) >= 11 is 0. The number of likely N-dealkylation sites (N-methyl/N-ethyl adjacent to an activating group) is 2. The lowest BCUT2D eigenvalue weighted by atomic mass is 10.1. The van der Waals surface area contributed by atoms with Gasteiger partial charge in [-0.2, -0.15) is 8.42 Å². The Morgan fingerprint density at radius 3 is 1.28 bits per heavy atom. The molecule has 0 saturated carbocycles. The van der Waals surface area contributed by atoms with Crippen LogP contribution in [0.3, 0.4) is 0 Å². The summed E-state index contributed by atoms with van der Waals surface area (Å²) in [7, 11) is 5.06. The fourth-order valence-electron chi connectivity index (χ4n) is 3.82. The Hall–Kier alpha value is -0.170. The zero-order chi connectivity index (χ0) is 22.2. The molecular weight excluding hydrogens is 384 g/mol. The molecule has 0 bridgehead atoms. The first-order valence-corrected chi connectivity index (χ1v) is 13.7. The van der Waals surface area contributed by atoms with Gasteiger partial charge in [0.1, 0.15) is 13.1 Å². The Labute approximate surface area is 182 Å². The van der Waals surface area contributed by atoms with Crippen molar-refractivity contribution in [3.63, 3.8) is 0 Å². The highest BCUT2D eigenvalue weighted by Crippen LogP contribution is 2.13. The van der Waals surface area contributed by atoms with Gasteiger partial charge in [0, 0.05) is 6.42 Å². The van der Waals surface area contributed by atoms with Gasteiger partial charge in [-0.1, -0.05) is 71.1 Å². The van der Waals surface area contributed by atoms with Gasteiger partial charge in [-0.15, -0.1) is 0 Å². The van der Waals surface area contributed by atoms with E-state index in [0.717, 1.165) is 28.6 Å². The maximum Gasteiger partial charge on any atom is 0.265 e. The second kappa shape index (κ2) is 15.6. The summed E-state index contributed by atoms with van der Waals surface area (Å²) in [6, 6.07) is 0. The fraction of sp³-hybridized carbons (Fsp3) is 1.00. The molecule has 0 heterocycles. The Morgan fingerprint density at radius 2 is 0.897 bits per heavy atom. The van der Waals surface area contributed by atoms with Gasteiger partial charge in [0.25, 0.3) is 10.1 Å². The van der Waals surface area contributed by atoms with E-state index in [1.54, 1.807) is 0 Å². The lowest BCUT2D eigenvalue weighted by molar-refractivity contribution is -0.945. The van der Waals surface area contributed by atoms with Gasteiger partial charge in [-0.3, -0.25) is 4.55 Å². The van der Waals surface area contributed by atoms with Crippen LogP contribution in [0.1, 0.15) is 90.4 Å². The number of hydrogen-bond acceptors (Lipinski definition) is 2. The minimum absolute atomic E-state index is 0.133. The lowest BCUT2D eigenvalue weighted by Gasteiger charge is -2.35. The molecule has 0 rings (SSSR count). The van der Waals surface area contributed by atoms with Crippen molar-refractivity contribution in [1.29, 1.82) is 0 Å². The molecule has 0 spiro atoms. The molecule has 5 nitrogen and oxygen atoms in total. The van der Waals surface area contributed by atoms with Gasteiger partial charge in [-0.05, 0) is 12.8 Å². The first-order chi connectivity index (χ1) is 13.5. The molecule has 0 fully saturated rings. The Kier molecular flexibility index (Phi) is 15.5. The summed E-state index contributed by atoms with van der Waals surface area (Å²) in [4.78, 5) is 0. The predicted molar refractivity (Wildman–Crippen MR) is 126 cm³/mol. The van der Waals surface area contributed by atoms with E-state index in [1.165, 1.54) is 83.6 Å². The summed E-state index contributed by atoms with van der Waals surface area (Å²) in [5.41, 5.74) is 0. The first-order valence-electron chi connectivity index (χ1n) is 12.1. The van der Waals surface area contributed by atoms with Crippen LogP contribution in [0.5, 0.6) is 0 Å². The van der Waals surface area contributed by atoms with Crippen LogP contribution >= 0.6 is 0 Å². The molecule has 0 radical (unpaired) electrons. The molecule has 29 heavy (non-hydrogen) atoms. The van der Waals surface area contributed by atoms with Crippen molar-refractivity contribution in [2.75, 3.05) is 60.1 Å². The van der Waals surface area contributed by atoms with Crippen molar-refractivity contribution in [2.24, 2.45) is 0 Å². The molecule has 0 aliphatic rings. The minimum Gasteiger partial charge on any atom is -0.324 e. The molecule has 0 aromatic heterocycles. The molecule has 6 heteroatoms. The van der Waals surface area contributed by atoms with E-state index in [0.29, 0.717) is 6.42 Å². The number of hydrogen-bond donors (Lipinski definition) is 1. The molecule has 0 aromatic rings. The van der Waals surface area contributed by atoms with Crippen LogP contribution in [0.4, 0.5) is 0 Å². The van der Waals surface area contributed by atoms with Gasteiger partial charge >= 0.3 is 0 Å². The maximum absolute atomic E-state index is 10.9. The SMILES string of the molecule is CCCCCCCCCCCCCC[N+](C)(C)CC[N+](C)(C)CCCS(=O)(=O)O. The van der Waals surface area contributed by atoms with Crippen molar-refractivity contribution in [3.8, 4) is 0 Å². The highest BCUT2D eigenvalue weighted by molar-refractivity contribution is 7.85. The van der Waals surface area contributed by atoms with Crippen LogP contribution in [-0.4, -0.2) is 82.1 Å². The third-order valence-corrected chi connectivity index (χ3v) is 6.90. The minimum atomic E-state index is -3.83. The second-order valence-corrected chi connectivity index (χ2v) is 11.9. The smallest absolute Gasteiger partial charge is 0.265 e. The van der Waals surface area contributed by atoms with E-state index in [9.17, 15) is 8.42 Å². The van der Waals surface area contributed by atoms with E-state index in [1.807, 2.05) is 0 Å². The predicted octanol–water partition coefficient (Wildman–Crippen LogP) is 5.12. The lowest BCUT2D eigenvalue weighted by Crippen LogP contribution is -2.51. The van der Waals surface area contributed by atoms with E-state index in [2.05, 4.69) is 35.1 Å². The molecular formula is C23H52N2O3S+2. The quantitative estimate of drug-likeness (QED) is 0.164. The molecule has 176 valence electrons. The second-order valence-electron chi connectivity index (χ2n) is 10.3. The third kappa shape index (κ3) is 20.9. The number of quaternary nitrogens is 2. The van der Waals surface area contributed by atoms with Crippen molar-refractivity contribution < 1.29 is 21.9 Å². The fourth-order valence-corrected chi connectivity index (χ4v) is 4.31. The van der Waals surface area contributed by atoms with E-state index < -0.39 is 10.1 Å². The van der Waals surface area contributed by atoms with Crippen LogP contribution in [0.15, 0.2) is 0 Å². The molecule has 0 aliphatic carbocycles. The van der Waals surface area contributed by atoms with Crippen LogP contribution in [0.2, 0.25) is 0 Å². The molecule has 0 aromatic carbocycles. The maximum atomic E-state index is 10.9. The Morgan fingerprint density at radius 1 is 0.552 bits per heavy atom. The average molecular weight is 437 g/mol. The van der Waals surface area contributed by atoms with E-state index >= 15 is 0 Å². The number of unbranched alkanes of at least 4 members (excludes halogenated alkanes) is 11. The summed E-state index contributed by atoms with van der Waals surface area (Å²) in [6.07, 6.45) is 17.2. The first kappa shape index (κ1) is 28.8. The molecule has 0 unspecified atom stereocenters. The molecule has 0 amide bonds.